The number of hydrogen-bond donors (Lipinski definition) is 2. The van der Waals surface area contributed by atoms with E-state index in [0.717, 1.165) is 9.87 Å². The molecule has 10 heteroatoms. The predicted molar refractivity (Wildman–Crippen MR) is 111 cm³/mol. The van der Waals surface area contributed by atoms with Crippen molar-refractivity contribution in [3.63, 3.8) is 0 Å². The molecule has 0 fully saturated rings. The van der Waals surface area contributed by atoms with Crippen molar-refractivity contribution in [3.8, 4) is 0 Å². The summed E-state index contributed by atoms with van der Waals surface area (Å²) in [5, 5.41) is 2.71. The zero-order valence-electron chi connectivity index (χ0n) is 16.6. The van der Waals surface area contributed by atoms with E-state index in [0.29, 0.717) is 29.7 Å². The minimum atomic E-state index is -3.95. The van der Waals surface area contributed by atoms with Crippen molar-refractivity contribution in [1.82, 2.24) is 4.31 Å². The van der Waals surface area contributed by atoms with Gasteiger partial charge < -0.3 is 5.32 Å². The third-order valence-corrected chi connectivity index (χ3v) is 8.10. The molecular formula is C19H23N3O5S2. The molecule has 2 N–H and O–H groups in total. The Kier molecular flexibility index (Phi) is 5.46. The van der Waals surface area contributed by atoms with Crippen molar-refractivity contribution in [2.45, 2.75) is 36.5 Å². The molecular weight excluding hydrogens is 414 g/mol. The van der Waals surface area contributed by atoms with Crippen molar-refractivity contribution in [3.05, 3.63) is 47.0 Å². The van der Waals surface area contributed by atoms with Gasteiger partial charge in [0.05, 0.1) is 15.5 Å². The number of nitrogens with zero attached hydrogens (tertiary/aromatic N) is 1. The summed E-state index contributed by atoms with van der Waals surface area (Å²) in [6.07, 6.45) is 0.756. The second-order valence-electron chi connectivity index (χ2n) is 7.17. The van der Waals surface area contributed by atoms with Crippen LogP contribution in [0.15, 0.2) is 40.1 Å². The van der Waals surface area contributed by atoms with Gasteiger partial charge in [-0.15, -0.1) is 0 Å². The Bertz CT molecular complexity index is 1200. The third-order valence-electron chi connectivity index (χ3n) is 4.95. The monoisotopic (exact) mass is 437 g/mol. The topological polar surface area (TPSA) is 113 Å². The molecule has 0 bridgehead atoms. The van der Waals surface area contributed by atoms with Crippen LogP contribution in [0.25, 0.3) is 0 Å². The molecule has 0 saturated carbocycles. The summed E-state index contributed by atoms with van der Waals surface area (Å²) in [5.41, 5.74) is 2.84. The smallest absolute Gasteiger partial charge is 0.261 e. The minimum Gasteiger partial charge on any atom is -0.326 e. The lowest BCUT2D eigenvalue weighted by Gasteiger charge is -2.19. The molecule has 1 amide bonds. The average molecular weight is 438 g/mol. The van der Waals surface area contributed by atoms with E-state index in [1.807, 2.05) is 0 Å². The maximum atomic E-state index is 13.0. The fourth-order valence-electron chi connectivity index (χ4n) is 3.02. The van der Waals surface area contributed by atoms with E-state index < -0.39 is 20.0 Å². The number of carbonyl (C=O) groups is 1. The highest BCUT2D eigenvalue weighted by atomic mass is 32.2. The third kappa shape index (κ3) is 4.14. The standard InChI is InChI=1S/C19H23N3O5S2/c1-12-9-16(29(26,27)22(3)4)11-18(13(12)2)21-28(24,25)15-6-7-17-14(10-15)5-8-19(23)20-17/h6-7,9-11,21H,5,8H2,1-4H3,(H,20,23). The molecule has 1 heterocycles. The van der Waals surface area contributed by atoms with Crippen LogP contribution in [0.3, 0.4) is 0 Å². The van der Waals surface area contributed by atoms with Gasteiger partial charge in [0.15, 0.2) is 0 Å². The summed E-state index contributed by atoms with van der Waals surface area (Å²) in [7, 11) is -4.84. The molecule has 2 aromatic carbocycles. The average Bonchev–Trinajstić information content (AvgIpc) is 2.64. The van der Waals surface area contributed by atoms with Crippen LogP contribution < -0.4 is 10.0 Å². The normalized spacial score (nSPS) is 14.4. The van der Waals surface area contributed by atoms with E-state index in [-0.39, 0.29) is 21.4 Å². The Hall–Kier alpha value is -2.43. The molecule has 0 saturated heterocycles. The maximum Gasteiger partial charge on any atom is 0.261 e. The zero-order chi connectivity index (χ0) is 21.6. The maximum absolute atomic E-state index is 13.0. The summed E-state index contributed by atoms with van der Waals surface area (Å²) in [6, 6.07) is 7.35. The molecule has 0 aromatic heterocycles. The zero-order valence-corrected chi connectivity index (χ0v) is 18.2. The highest BCUT2D eigenvalue weighted by Gasteiger charge is 2.23. The van der Waals surface area contributed by atoms with E-state index in [2.05, 4.69) is 10.0 Å². The van der Waals surface area contributed by atoms with Gasteiger partial charge in [-0.3, -0.25) is 9.52 Å². The molecule has 2 aromatic rings. The largest absolute Gasteiger partial charge is 0.326 e. The fourth-order valence-corrected chi connectivity index (χ4v) is 5.20. The van der Waals surface area contributed by atoms with Crippen LogP contribution >= 0.6 is 0 Å². The van der Waals surface area contributed by atoms with Crippen LogP contribution in [-0.4, -0.2) is 41.1 Å². The Labute approximate surface area is 171 Å². The van der Waals surface area contributed by atoms with E-state index in [1.54, 1.807) is 19.9 Å². The highest BCUT2D eigenvalue weighted by Crippen LogP contribution is 2.30. The molecule has 0 radical (unpaired) electrons. The van der Waals surface area contributed by atoms with Gasteiger partial charge in [0.2, 0.25) is 15.9 Å². The van der Waals surface area contributed by atoms with E-state index >= 15 is 0 Å². The van der Waals surface area contributed by atoms with Gasteiger partial charge in [-0.05, 0) is 67.3 Å². The minimum absolute atomic E-state index is 0.0106. The fraction of sp³-hybridized carbons (Fsp3) is 0.316. The second kappa shape index (κ2) is 7.43. The van der Waals surface area contributed by atoms with E-state index in [1.165, 1.54) is 38.4 Å². The van der Waals surface area contributed by atoms with Gasteiger partial charge in [0.25, 0.3) is 10.0 Å². The van der Waals surface area contributed by atoms with Gasteiger partial charge in [-0.2, -0.15) is 0 Å². The van der Waals surface area contributed by atoms with Crippen molar-refractivity contribution < 1.29 is 21.6 Å². The lowest BCUT2D eigenvalue weighted by Crippen LogP contribution is -2.23. The summed E-state index contributed by atoms with van der Waals surface area (Å²) < 4.78 is 54.5. The molecule has 156 valence electrons. The molecule has 1 aliphatic rings. The van der Waals surface area contributed by atoms with E-state index in [4.69, 9.17) is 0 Å². The number of sulfonamides is 2. The highest BCUT2D eigenvalue weighted by molar-refractivity contribution is 7.92. The molecule has 3 rings (SSSR count). The Morgan fingerprint density at radius 3 is 2.31 bits per heavy atom. The van der Waals surface area contributed by atoms with Crippen molar-refractivity contribution in [2.24, 2.45) is 0 Å². The number of nitrogens with one attached hydrogen (secondary N) is 2. The molecule has 0 spiro atoms. The van der Waals surface area contributed by atoms with Crippen molar-refractivity contribution in [1.29, 1.82) is 0 Å². The van der Waals surface area contributed by atoms with Gasteiger partial charge in [0.1, 0.15) is 0 Å². The molecule has 0 atom stereocenters. The molecule has 0 unspecified atom stereocenters. The van der Waals surface area contributed by atoms with Gasteiger partial charge >= 0.3 is 0 Å². The van der Waals surface area contributed by atoms with E-state index in [9.17, 15) is 21.6 Å². The predicted octanol–water partition coefficient (Wildman–Crippen LogP) is 2.24. The first-order chi connectivity index (χ1) is 13.4. The number of amides is 1. The van der Waals surface area contributed by atoms with Crippen LogP contribution in [-0.2, 0) is 31.3 Å². The molecule has 29 heavy (non-hydrogen) atoms. The second-order valence-corrected chi connectivity index (χ2v) is 11.0. The Balaban J connectivity index is 2.01. The van der Waals surface area contributed by atoms with Gasteiger partial charge in [-0.1, -0.05) is 0 Å². The molecule has 0 aliphatic carbocycles. The number of carbonyl (C=O) groups excluding carboxylic acids is 1. The number of rotatable bonds is 5. The van der Waals surface area contributed by atoms with Crippen molar-refractivity contribution in [2.75, 3.05) is 24.1 Å². The van der Waals surface area contributed by atoms with Crippen LogP contribution in [0, 0.1) is 13.8 Å². The first-order valence-corrected chi connectivity index (χ1v) is 11.8. The Morgan fingerprint density at radius 2 is 1.66 bits per heavy atom. The summed E-state index contributed by atoms with van der Waals surface area (Å²) in [5.74, 6) is -0.101. The number of anilines is 2. The van der Waals surface area contributed by atoms with Crippen LogP contribution in [0.5, 0.6) is 0 Å². The van der Waals surface area contributed by atoms with Crippen LogP contribution in [0.1, 0.15) is 23.1 Å². The quantitative estimate of drug-likeness (QED) is 0.745. The lowest BCUT2D eigenvalue weighted by atomic mass is 10.0. The summed E-state index contributed by atoms with van der Waals surface area (Å²) in [6.45, 7) is 3.45. The SMILES string of the molecule is Cc1cc(S(=O)(=O)N(C)C)cc(NS(=O)(=O)c2ccc3c(c2)CCC(=O)N3)c1C. The molecule has 8 nitrogen and oxygen atoms in total. The number of aryl methyl sites for hydroxylation is 2. The first kappa shape index (κ1) is 21.3. The van der Waals surface area contributed by atoms with Gasteiger partial charge in [-0.25, -0.2) is 21.1 Å². The van der Waals surface area contributed by atoms with Crippen molar-refractivity contribution >= 4 is 37.3 Å². The lowest BCUT2D eigenvalue weighted by molar-refractivity contribution is -0.116. The summed E-state index contributed by atoms with van der Waals surface area (Å²) in [4.78, 5) is 11.5. The van der Waals surface area contributed by atoms with Gasteiger partial charge in [0, 0.05) is 26.2 Å². The number of benzene rings is 2. The first-order valence-electron chi connectivity index (χ1n) is 8.91. The summed E-state index contributed by atoms with van der Waals surface area (Å²) >= 11 is 0. The number of hydrogen-bond acceptors (Lipinski definition) is 5. The Morgan fingerprint density at radius 1 is 0.966 bits per heavy atom. The number of fused-ring (bicyclic) bond motifs is 1. The van der Waals surface area contributed by atoms with Crippen LogP contribution in [0.2, 0.25) is 0 Å². The van der Waals surface area contributed by atoms with Crippen LogP contribution in [0.4, 0.5) is 11.4 Å². The molecule has 1 aliphatic heterocycles.